The summed E-state index contributed by atoms with van der Waals surface area (Å²) in [6, 6.07) is 13.8. The Morgan fingerprint density at radius 3 is 2.44 bits per heavy atom. The molecule has 0 aliphatic carbocycles. The molecule has 0 unspecified atom stereocenters. The summed E-state index contributed by atoms with van der Waals surface area (Å²) in [7, 11) is 0. The van der Waals surface area contributed by atoms with Crippen LogP contribution in [0.1, 0.15) is 11.7 Å². The maximum absolute atomic E-state index is 5.73. The van der Waals surface area contributed by atoms with Crippen molar-refractivity contribution in [2.24, 2.45) is 11.5 Å². The van der Waals surface area contributed by atoms with E-state index in [1.807, 2.05) is 42.5 Å². The van der Waals surface area contributed by atoms with Crippen molar-refractivity contribution in [3.63, 3.8) is 0 Å². The van der Waals surface area contributed by atoms with Gasteiger partial charge in [0.2, 0.25) is 0 Å². The summed E-state index contributed by atoms with van der Waals surface area (Å²) in [5, 5.41) is 2.22. The van der Waals surface area contributed by atoms with Gasteiger partial charge in [-0.2, -0.15) is 0 Å². The molecule has 80 valence electrons. The van der Waals surface area contributed by atoms with Gasteiger partial charge >= 0.3 is 0 Å². The second-order valence-corrected chi connectivity index (χ2v) is 3.88. The van der Waals surface area contributed by atoms with Gasteiger partial charge in [0.1, 0.15) is 11.2 Å². The normalized spacial score (nSPS) is 11.7. The molecule has 0 fully saturated rings. The Labute approximate surface area is 92.6 Å². The highest BCUT2D eigenvalue weighted by Gasteiger charge is 2.08. The van der Waals surface area contributed by atoms with Crippen molar-refractivity contribution in [3.05, 3.63) is 48.0 Å². The Bertz CT molecular complexity index is 655. The van der Waals surface area contributed by atoms with Crippen molar-refractivity contribution in [2.45, 2.75) is 6.17 Å². The van der Waals surface area contributed by atoms with E-state index in [1.165, 1.54) is 0 Å². The number of fused-ring (bicyclic) bond motifs is 3. The molecule has 0 aliphatic rings. The van der Waals surface area contributed by atoms with Gasteiger partial charge in [-0.1, -0.05) is 30.3 Å². The Morgan fingerprint density at radius 2 is 1.62 bits per heavy atom. The summed E-state index contributed by atoms with van der Waals surface area (Å²) < 4.78 is 5.73. The summed E-state index contributed by atoms with van der Waals surface area (Å²) in [6.07, 6.45) is -0.461. The quantitative estimate of drug-likeness (QED) is 0.609. The molecule has 0 spiro atoms. The highest BCUT2D eigenvalue weighted by atomic mass is 16.3. The van der Waals surface area contributed by atoms with Gasteiger partial charge in [-0.3, -0.25) is 0 Å². The third kappa shape index (κ3) is 1.30. The molecule has 2 aromatic carbocycles. The first-order valence-corrected chi connectivity index (χ1v) is 5.18. The molecule has 3 rings (SSSR count). The van der Waals surface area contributed by atoms with Crippen molar-refractivity contribution in [3.8, 4) is 0 Å². The summed E-state index contributed by atoms with van der Waals surface area (Å²) in [4.78, 5) is 0. The Kier molecular flexibility index (Phi) is 1.96. The zero-order valence-corrected chi connectivity index (χ0v) is 8.68. The first-order valence-electron chi connectivity index (χ1n) is 5.18. The van der Waals surface area contributed by atoms with E-state index in [0.717, 1.165) is 27.5 Å². The van der Waals surface area contributed by atoms with Crippen LogP contribution in [0.25, 0.3) is 21.9 Å². The molecule has 0 bridgehead atoms. The van der Waals surface area contributed by atoms with Gasteiger partial charge < -0.3 is 15.9 Å². The lowest BCUT2D eigenvalue weighted by molar-refractivity contribution is 0.666. The van der Waals surface area contributed by atoms with Crippen LogP contribution in [0.15, 0.2) is 46.9 Å². The molecular formula is C13H12N2O. The zero-order valence-electron chi connectivity index (χ0n) is 8.68. The monoisotopic (exact) mass is 212 g/mol. The summed E-state index contributed by atoms with van der Waals surface area (Å²) in [6.45, 7) is 0. The molecule has 0 amide bonds. The SMILES string of the molecule is NC(N)c1ccc2c(c1)oc1ccccc12. The molecule has 0 radical (unpaired) electrons. The Balaban J connectivity index is 2.37. The third-order valence-electron chi connectivity index (χ3n) is 2.79. The van der Waals surface area contributed by atoms with Gasteiger partial charge in [-0.05, 0) is 17.7 Å². The number of hydrogen-bond acceptors (Lipinski definition) is 3. The Hall–Kier alpha value is -1.84. The highest BCUT2D eigenvalue weighted by Crippen LogP contribution is 2.29. The van der Waals surface area contributed by atoms with Gasteiger partial charge in [0.25, 0.3) is 0 Å². The van der Waals surface area contributed by atoms with Gasteiger partial charge in [-0.15, -0.1) is 0 Å². The highest BCUT2D eigenvalue weighted by molar-refractivity contribution is 6.04. The van der Waals surface area contributed by atoms with Crippen LogP contribution >= 0.6 is 0 Å². The average Bonchev–Trinajstić information content (AvgIpc) is 2.66. The average molecular weight is 212 g/mol. The summed E-state index contributed by atoms with van der Waals surface area (Å²) in [5.74, 6) is 0. The van der Waals surface area contributed by atoms with Crippen LogP contribution in [0.3, 0.4) is 0 Å². The molecule has 4 N–H and O–H groups in total. The largest absolute Gasteiger partial charge is 0.456 e. The van der Waals surface area contributed by atoms with Crippen molar-refractivity contribution >= 4 is 21.9 Å². The van der Waals surface area contributed by atoms with Crippen LogP contribution in [0.5, 0.6) is 0 Å². The fourth-order valence-corrected chi connectivity index (χ4v) is 1.95. The van der Waals surface area contributed by atoms with E-state index in [4.69, 9.17) is 15.9 Å². The molecule has 0 aliphatic heterocycles. The summed E-state index contributed by atoms with van der Waals surface area (Å²) in [5.41, 5.74) is 13.9. The van der Waals surface area contributed by atoms with Crippen LogP contribution in [0.2, 0.25) is 0 Å². The number of benzene rings is 2. The van der Waals surface area contributed by atoms with Crippen LogP contribution in [0, 0.1) is 0 Å². The van der Waals surface area contributed by atoms with E-state index in [0.29, 0.717) is 0 Å². The number of hydrogen-bond donors (Lipinski definition) is 2. The van der Waals surface area contributed by atoms with E-state index in [1.54, 1.807) is 0 Å². The van der Waals surface area contributed by atoms with Crippen molar-refractivity contribution in [2.75, 3.05) is 0 Å². The standard InChI is InChI=1S/C13H12N2O/c14-13(15)8-5-6-10-9-3-1-2-4-11(9)16-12(10)7-8/h1-7,13H,14-15H2. The topological polar surface area (TPSA) is 65.2 Å². The second-order valence-electron chi connectivity index (χ2n) is 3.88. The van der Waals surface area contributed by atoms with Crippen LogP contribution in [0.4, 0.5) is 0 Å². The van der Waals surface area contributed by atoms with Gasteiger partial charge in [0, 0.05) is 10.8 Å². The van der Waals surface area contributed by atoms with Crippen LogP contribution in [-0.2, 0) is 0 Å². The van der Waals surface area contributed by atoms with E-state index in [9.17, 15) is 0 Å². The fraction of sp³-hybridized carbons (Fsp3) is 0.0769. The number of nitrogens with two attached hydrogens (primary N) is 2. The predicted octanol–water partition coefficient (Wildman–Crippen LogP) is 2.50. The lowest BCUT2D eigenvalue weighted by Crippen LogP contribution is -2.19. The lowest BCUT2D eigenvalue weighted by atomic mass is 10.1. The number of rotatable bonds is 1. The van der Waals surface area contributed by atoms with Gasteiger partial charge in [-0.25, -0.2) is 0 Å². The molecule has 3 heteroatoms. The van der Waals surface area contributed by atoms with Crippen molar-refractivity contribution < 1.29 is 4.42 Å². The second kappa shape index (κ2) is 3.33. The maximum Gasteiger partial charge on any atom is 0.135 e. The van der Waals surface area contributed by atoms with Crippen molar-refractivity contribution in [1.82, 2.24) is 0 Å². The minimum absolute atomic E-state index is 0.461. The number of para-hydroxylation sites is 1. The van der Waals surface area contributed by atoms with Gasteiger partial charge in [0.15, 0.2) is 0 Å². The molecule has 0 saturated heterocycles. The number of furan rings is 1. The summed E-state index contributed by atoms with van der Waals surface area (Å²) >= 11 is 0. The fourth-order valence-electron chi connectivity index (χ4n) is 1.95. The molecule has 3 nitrogen and oxygen atoms in total. The zero-order chi connectivity index (χ0) is 11.1. The first kappa shape index (κ1) is 9.39. The third-order valence-corrected chi connectivity index (χ3v) is 2.79. The van der Waals surface area contributed by atoms with Crippen LogP contribution in [-0.4, -0.2) is 0 Å². The molecule has 1 heterocycles. The molecule has 3 aromatic rings. The molecule has 0 atom stereocenters. The predicted molar refractivity (Wildman–Crippen MR) is 64.8 cm³/mol. The lowest BCUT2D eigenvalue weighted by Gasteiger charge is -2.03. The van der Waals surface area contributed by atoms with Crippen LogP contribution < -0.4 is 11.5 Å². The first-order chi connectivity index (χ1) is 7.75. The Morgan fingerprint density at radius 1 is 0.875 bits per heavy atom. The van der Waals surface area contributed by atoms with E-state index < -0.39 is 6.17 Å². The van der Waals surface area contributed by atoms with E-state index >= 15 is 0 Å². The van der Waals surface area contributed by atoms with Gasteiger partial charge in [0.05, 0.1) is 6.17 Å². The van der Waals surface area contributed by atoms with Crippen molar-refractivity contribution in [1.29, 1.82) is 0 Å². The minimum atomic E-state index is -0.461. The molecule has 16 heavy (non-hydrogen) atoms. The molecule has 1 aromatic heterocycles. The maximum atomic E-state index is 5.73. The van der Waals surface area contributed by atoms with E-state index in [2.05, 4.69) is 0 Å². The molecule has 0 saturated carbocycles. The minimum Gasteiger partial charge on any atom is -0.456 e. The van der Waals surface area contributed by atoms with E-state index in [-0.39, 0.29) is 0 Å². The smallest absolute Gasteiger partial charge is 0.135 e. The molecular weight excluding hydrogens is 200 g/mol.